The zero-order chi connectivity index (χ0) is 17.3. The highest BCUT2D eigenvalue weighted by atomic mass is 31.1. The molecule has 0 aromatic heterocycles. The van der Waals surface area contributed by atoms with Crippen LogP contribution in [0.1, 0.15) is 92.3 Å². The molecule has 1 heteroatoms. The summed E-state index contributed by atoms with van der Waals surface area (Å²) in [5, 5.41) is 1.63. The summed E-state index contributed by atoms with van der Waals surface area (Å²) in [7, 11) is 0.929. The van der Waals surface area contributed by atoms with Crippen LogP contribution in [0.2, 0.25) is 0 Å². The Bertz CT molecular complexity index is 469. The summed E-state index contributed by atoms with van der Waals surface area (Å²) in [5.41, 5.74) is 5.22. The summed E-state index contributed by atoms with van der Waals surface area (Å²) in [5.74, 6) is 0. The van der Waals surface area contributed by atoms with E-state index in [1.54, 1.807) is 16.4 Å². The first-order valence-corrected chi connectivity index (χ1v) is 9.92. The molecule has 1 rings (SSSR count). The molecule has 1 aromatic carbocycles. The average molecular weight is 321 g/mol. The van der Waals surface area contributed by atoms with Gasteiger partial charge in [-0.3, -0.25) is 0 Å². The minimum atomic E-state index is 0.201. The fraction of sp³-hybridized carbons (Fsp3) is 0.714. The van der Waals surface area contributed by atoms with Crippen molar-refractivity contribution in [3.8, 4) is 0 Å². The van der Waals surface area contributed by atoms with Crippen molar-refractivity contribution >= 4 is 13.9 Å². The van der Waals surface area contributed by atoms with Crippen LogP contribution in [-0.4, -0.2) is 6.16 Å². The number of hydrogen-bond acceptors (Lipinski definition) is 0. The lowest BCUT2D eigenvalue weighted by molar-refractivity contribution is 0.553. The maximum absolute atomic E-state index is 2.49. The maximum Gasteiger partial charge on any atom is -0.0125 e. The standard InChI is InChI=1S/C21H37P/c1-11-12-22-18-16(20(5,6)7)13-15(19(2,3)4)14-17(18)21(8,9)10/h13-14,22H,11-12H2,1-10H3. The van der Waals surface area contributed by atoms with E-state index in [-0.39, 0.29) is 16.2 Å². The van der Waals surface area contributed by atoms with Crippen molar-refractivity contribution in [3.05, 3.63) is 28.8 Å². The van der Waals surface area contributed by atoms with E-state index in [4.69, 9.17) is 0 Å². The lowest BCUT2D eigenvalue weighted by Crippen LogP contribution is -2.30. The van der Waals surface area contributed by atoms with Crippen LogP contribution in [0.25, 0.3) is 0 Å². The van der Waals surface area contributed by atoms with Crippen molar-refractivity contribution in [2.45, 2.75) is 91.9 Å². The van der Waals surface area contributed by atoms with Crippen LogP contribution in [0.5, 0.6) is 0 Å². The van der Waals surface area contributed by atoms with Crippen LogP contribution in [0.4, 0.5) is 0 Å². The molecule has 0 nitrogen and oxygen atoms in total. The molecule has 0 fully saturated rings. The van der Waals surface area contributed by atoms with Gasteiger partial charge in [-0.15, -0.1) is 0 Å². The molecule has 0 saturated carbocycles. The molecule has 0 aliphatic heterocycles. The van der Waals surface area contributed by atoms with Gasteiger partial charge in [0.1, 0.15) is 0 Å². The third-order valence-electron chi connectivity index (χ3n) is 4.17. The molecule has 1 aromatic rings. The highest BCUT2D eigenvalue weighted by molar-refractivity contribution is 7.47. The third kappa shape index (κ3) is 4.82. The Hall–Kier alpha value is -0.350. The molecule has 22 heavy (non-hydrogen) atoms. The number of rotatable bonds is 3. The molecule has 0 spiro atoms. The predicted molar refractivity (Wildman–Crippen MR) is 106 cm³/mol. The largest absolute Gasteiger partial charge is 0.0898 e. The van der Waals surface area contributed by atoms with Gasteiger partial charge in [-0.25, -0.2) is 0 Å². The van der Waals surface area contributed by atoms with E-state index in [1.165, 1.54) is 18.1 Å². The van der Waals surface area contributed by atoms with Gasteiger partial charge in [0.05, 0.1) is 0 Å². The third-order valence-corrected chi connectivity index (χ3v) is 5.81. The Labute approximate surface area is 141 Å². The predicted octanol–water partition coefficient (Wildman–Crippen LogP) is 6.29. The minimum Gasteiger partial charge on any atom is -0.0898 e. The van der Waals surface area contributed by atoms with Crippen LogP contribution in [0.3, 0.4) is 0 Å². The Balaban J connectivity index is 3.70. The zero-order valence-electron chi connectivity index (χ0n) is 16.6. The van der Waals surface area contributed by atoms with Crippen LogP contribution in [-0.2, 0) is 16.2 Å². The summed E-state index contributed by atoms with van der Waals surface area (Å²) in [6.07, 6.45) is 2.58. The van der Waals surface area contributed by atoms with Gasteiger partial charge >= 0.3 is 0 Å². The van der Waals surface area contributed by atoms with Crippen molar-refractivity contribution in [1.29, 1.82) is 0 Å². The summed E-state index contributed by atoms with van der Waals surface area (Å²) in [6, 6.07) is 4.99. The lowest BCUT2D eigenvalue weighted by Gasteiger charge is -2.33. The SMILES string of the molecule is CCCPc1c(C(C)(C)C)cc(C(C)(C)C)cc1C(C)(C)C. The lowest BCUT2D eigenvalue weighted by atomic mass is 9.75. The zero-order valence-corrected chi connectivity index (χ0v) is 17.6. The van der Waals surface area contributed by atoms with Gasteiger partial charge < -0.3 is 0 Å². The molecule has 0 amide bonds. The first-order valence-electron chi connectivity index (χ1n) is 8.72. The molecular formula is C21H37P. The second-order valence-electron chi connectivity index (χ2n) is 9.62. The van der Waals surface area contributed by atoms with E-state index < -0.39 is 0 Å². The van der Waals surface area contributed by atoms with Crippen molar-refractivity contribution in [2.24, 2.45) is 0 Å². The molecule has 0 radical (unpaired) electrons. The summed E-state index contributed by atoms with van der Waals surface area (Å²) < 4.78 is 0. The van der Waals surface area contributed by atoms with Gasteiger partial charge in [0.25, 0.3) is 0 Å². The fourth-order valence-electron chi connectivity index (χ4n) is 2.70. The second-order valence-corrected chi connectivity index (χ2v) is 11.0. The van der Waals surface area contributed by atoms with Crippen molar-refractivity contribution in [3.63, 3.8) is 0 Å². The second kappa shape index (κ2) is 6.64. The minimum absolute atomic E-state index is 0.201. The highest BCUT2D eigenvalue weighted by Gasteiger charge is 2.28. The van der Waals surface area contributed by atoms with Gasteiger partial charge in [-0.2, -0.15) is 0 Å². The van der Waals surface area contributed by atoms with Crippen LogP contribution in [0, 0.1) is 0 Å². The van der Waals surface area contributed by atoms with Gasteiger partial charge in [0.15, 0.2) is 0 Å². The van der Waals surface area contributed by atoms with Gasteiger partial charge in [0, 0.05) is 0 Å². The van der Waals surface area contributed by atoms with Crippen molar-refractivity contribution in [2.75, 3.05) is 6.16 Å². The van der Waals surface area contributed by atoms with Gasteiger partial charge in [-0.05, 0) is 44.4 Å². The molecule has 0 aliphatic carbocycles. The normalized spacial score (nSPS) is 14.1. The van der Waals surface area contributed by atoms with Crippen LogP contribution in [0.15, 0.2) is 12.1 Å². The molecular weight excluding hydrogens is 283 g/mol. The Morgan fingerprint density at radius 3 is 1.41 bits per heavy atom. The molecule has 0 aliphatic rings. The topological polar surface area (TPSA) is 0 Å². The Morgan fingerprint density at radius 2 is 1.14 bits per heavy atom. The molecule has 1 unspecified atom stereocenters. The highest BCUT2D eigenvalue weighted by Crippen LogP contribution is 2.36. The quantitative estimate of drug-likeness (QED) is 0.574. The van der Waals surface area contributed by atoms with Gasteiger partial charge in [0.2, 0.25) is 0 Å². The van der Waals surface area contributed by atoms with Crippen LogP contribution < -0.4 is 5.30 Å². The molecule has 0 bridgehead atoms. The fourth-order valence-corrected chi connectivity index (χ4v) is 4.47. The number of hydrogen-bond donors (Lipinski definition) is 0. The molecule has 126 valence electrons. The van der Waals surface area contributed by atoms with Crippen molar-refractivity contribution in [1.82, 2.24) is 0 Å². The van der Waals surface area contributed by atoms with E-state index in [2.05, 4.69) is 81.4 Å². The van der Waals surface area contributed by atoms with Crippen molar-refractivity contribution < 1.29 is 0 Å². The molecule has 1 atom stereocenters. The molecule has 0 saturated heterocycles. The number of benzene rings is 1. The Kier molecular flexibility index (Phi) is 5.95. The maximum atomic E-state index is 2.49. The smallest absolute Gasteiger partial charge is 0.0125 e. The van der Waals surface area contributed by atoms with E-state index in [1.807, 2.05) is 0 Å². The average Bonchev–Trinajstić information content (AvgIpc) is 2.31. The van der Waals surface area contributed by atoms with Gasteiger partial charge in [-0.1, -0.05) is 96.4 Å². The summed E-state index contributed by atoms with van der Waals surface area (Å²) >= 11 is 0. The summed E-state index contributed by atoms with van der Waals surface area (Å²) in [4.78, 5) is 0. The molecule has 0 N–H and O–H groups in total. The first kappa shape index (κ1) is 19.7. The summed E-state index contributed by atoms with van der Waals surface area (Å²) in [6.45, 7) is 23.5. The van der Waals surface area contributed by atoms with E-state index in [0.29, 0.717) is 0 Å². The first-order chi connectivity index (χ1) is 9.78. The molecule has 0 heterocycles. The van der Waals surface area contributed by atoms with E-state index >= 15 is 0 Å². The monoisotopic (exact) mass is 320 g/mol. The van der Waals surface area contributed by atoms with Crippen LogP contribution >= 0.6 is 8.58 Å². The van der Waals surface area contributed by atoms with E-state index in [0.717, 1.165) is 8.58 Å². The Morgan fingerprint density at radius 1 is 0.727 bits per heavy atom. The van der Waals surface area contributed by atoms with E-state index in [9.17, 15) is 0 Å².